The molecule has 2 rings (SSSR count). The number of carbonyl (C=O) groups excluding carboxylic acids is 1. The summed E-state index contributed by atoms with van der Waals surface area (Å²) in [5, 5.41) is 6.22. The fourth-order valence-corrected chi connectivity index (χ4v) is 2.22. The molecule has 0 saturated heterocycles. The van der Waals surface area contributed by atoms with Crippen LogP contribution < -0.4 is 16.4 Å². The first-order chi connectivity index (χ1) is 9.06. The average molecular weight is 262 g/mol. The molecule has 0 fully saturated rings. The van der Waals surface area contributed by atoms with Gasteiger partial charge in [-0.1, -0.05) is 0 Å². The van der Waals surface area contributed by atoms with Crippen LogP contribution in [0.15, 0.2) is 12.1 Å². The molecule has 1 amide bonds. The van der Waals surface area contributed by atoms with Crippen LogP contribution in [0.3, 0.4) is 0 Å². The third-order valence-electron chi connectivity index (χ3n) is 3.27. The molecule has 1 aromatic rings. The van der Waals surface area contributed by atoms with Crippen LogP contribution in [0.1, 0.15) is 18.4 Å². The minimum absolute atomic E-state index is 0.0681. The fraction of sp³-hybridized carbons (Fsp3) is 0.500. The summed E-state index contributed by atoms with van der Waals surface area (Å²) in [6.45, 7) is 1.95. The molecule has 0 bridgehead atoms. The van der Waals surface area contributed by atoms with Crippen LogP contribution in [-0.2, 0) is 11.2 Å². The number of hydrogen-bond donors (Lipinski definition) is 3. The number of carbonyl (C=O) groups is 1. The Morgan fingerprint density at radius 2 is 2.16 bits per heavy atom. The van der Waals surface area contributed by atoms with Crippen molar-refractivity contribution in [3.63, 3.8) is 0 Å². The predicted octanol–water partition coefficient (Wildman–Crippen LogP) is 1.52. The molecule has 1 aromatic carbocycles. The zero-order valence-electron chi connectivity index (χ0n) is 11.6. The van der Waals surface area contributed by atoms with Gasteiger partial charge >= 0.3 is 0 Å². The van der Waals surface area contributed by atoms with Crippen molar-refractivity contribution < 1.29 is 4.79 Å². The minimum atomic E-state index is 0.0681. The van der Waals surface area contributed by atoms with Crippen molar-refractivity contribution in [3.05, 3.63) is 17.7 Å². The first-order valence-electron chi connectivity index (χ1n) is 6.67. The summed E-state index contributed by atoms with van der Waals surface area (Å²) < 4.78 is 0. The zero-order chi connectivity index (χ0) is 13.8. The molecule has 1 heterocycles. The van der Waals surface area contributed by atoms with Crippen molar-refractivity contribution in [2.45, 2.75) is 19.3 Å². The molecule has 1 aliphatic heterocycles. The van der Waals surface area contributed by atoms with E-state index in [9.17, 15) is 4.79 Å². The van der Waals surface area contributed by atoms with Gasteiger partial charge in [0.25, 0.3) is 0 Å². The molecule has 1 aliphatic rings. The van der Waals surface area contributed by atoms with Crippen molar-refractivity contribution in [1.82, 2.24) is 4.90 Å². The summed E-state index contributed by atoms with van der Waals surface area (Å²) in [5.41, 5.74) is 9.67. The highest BCUT2D eigenvalue weighted by Gasteiger charge is 2.16. The number of nitrogen functional groups attached to an aromatic ring is 1. The Kier molecular flexibility index (Phi) is 4.27. The second kappa shape index (κ2) is 5.93. The molecule has 5 heteroatoms. The summed E-state index contributed by atoms with van der Waals surface area (Å²) in [6.07, 6.45) is 2.41. The lowest BCUT2D eigenvalue weighted by molar-refractivity contribution is -0.116. The van der Waals surface area contributed by atoms with Crippen molar-refractivity contribution in [2.75, 3.05) is 43.6 Å². The van der Waals surface area contributed by atoms with Gasteiger partial charge in [-0.3, -0.25) is 4.79 Å². The third-order valence-corrected chi connectivity index (χ3v) is 3.27. The molecular formula is C14H22N4O. The second-order valence-corrected chi connectivity index (χ2v) is 5.23. The molecule has 0 radical (unpaired) electrons. The van der Waals surface area contributed by atoms with E-state index >= 15 is 0 Å². The number of amides is 1. The van der Waals surface area contributed by atoms with Crippen molar-refractivity contribution >= 4 is 23.0 Å². The monoisotopic (exact) mass is 262 g/mol. The number of rotatable bonds is 5. The highest BCUT2D eigenvalue weighted by Crippen LogP contribution is 2.30. The Morgan fingerprint density at radius 1 is 1.37 bits per heavy atom. The molecule has 0 unspecified atom stereocenters. The van der Waals surface area contributed by atoms with E-state index in [1.807, 2.05) is 6.07 Å². The number of hydrogen-bond acceptors (Lipinski definition) is 4. The van der Waals surface area contributed by atoms with Gasteiger partial charge in [-0.05, 0) is 51.2 Å². The number of anilines is 3. The van der Waals surface area contributed by atoms with E-state index in [4.69, 9.17) is 5.73 Å². The first kappa shape index (κ1) is 13.7. The molecule has 0 atom stereocenters. The molecule has 0 aliphatic carbocycles. The number of nitrogens with two attached hydrogens (primary N) is 1. The second-order valence-electron chi connectivity index (χ2n) is 5.23. The quantitative estimate of drug-likeness (QED) is 0.556. The van der Waals surface area contributed by atoms with Crippen molar-refractivity contribution in [1.29, 1.82) is 0 Å². The summed E-state index contributed by atoms with van der Waals surface area (Å²) in [7, 11) is 4.13. The summed E-state index contributed by atoms with van der Waals surface area (Å²) in [4.78, 5) is 13.5. The van der Waals surface area contributed by atoms with Crippen LogP contribution in [0, 0.1) is 0 Å². The zero-order valence-corrected chi connectivity index (χ0v) is 11.6. The van der Waals surface area contributed by atoms with E-state index in [1.54, 1.807) is 0 Å². The van der Waals surface area contributed by atoms with E-state index in [-0.39, 0.29) is 5.91 Å². The minimum Gasteiger partial charge on any atom is -0.397 e. The number of fused-ring (bicyclic) bond motifs is 1. The van der Waals surface area contributed by atoms with E-state index in [0.29, 0.717) is 12.1 Å². The predicted molar refractivity (Wildman–Crippen MR) is 79.5 cm³/mol. The average Bonchev–Trinajstić information content (AvgIpc) is 2.34. The van der Waals surface area contributed by atoms with Crippen LogP contribution in [0.2, 0.25) is 0 Å². The molecule has 5 nitrogen and oxygen atoms in total. The maximum Gasteiger partial charge on any atom is 0.224 e. The van der Waals surface area contributed by atoms with Crippen LogP contribution in [0.4, 0.5) is 17.1 Å². The van der Waals surface area contributed by atoms with Gasteiger partial charge in [-0.25, -0.2) is 0 Å². The summed E-state index contributed by atoms with van der Waals surface area (Å²) in [6, 6.07) is 3.90. The van der Waals surface area contributed by atoms with Gasteiger partial charge in [-0.2, -0.15) is 0 Å². The van der Waals surface area contributed by atoms with E-state index in [2.05, 4.69) is 35.7 Å². The molecule has 19 heavy (non-hydrogen) atoms. The summed E-state index contributed by atoms with van der Waals surface area (Å²) in [5.74, 6) is 0.0681. The first-order valence-corrected chi connectivity index (χ1v) is 6.67. The number of benzene rings is 1. The van der Waals surface area contributed by atoms with E-state index in [1.165, 1.54) is 0 Å². The maximum absolute atomic E-state index is 11.3. The topological polar surface area (TPSA) is 70.4 Å². The molecule has 4 N–H and O–H groups in total. The van der Waals surface area contributed by atoms with Gasteiger partial charge in [-0.15, -0.1) is 0 Å². The fourth-order valence-electron chi connectivity index (χ4n) is 2.22. The Bertz CT molecular complexity index is 471. The lowest BCUT2D eigenvalue weighted by Gasteiger charge is -2.20. The van der Waals surface area contributed by atoms with Gasteiger partial charge in [0.1, 0.15) is 0 Å². The smallest absolute Gasteiger partial charge is 0.224 e. The number of nitrogens with zero attached hydrogens (tertiary/aromatic N) is 1. The van der Waals surface area contributed by atoms with Gasteiger partial charge in [0.2, 0.25) is 5.91 Å². The highest BCUT2D eigenvalue weighted by atomic mass is 16.1. The molecular weight excluding hydrogens is 240 g/mol. The third kappa shape index (κ3) is 3.61. The van der Waals surface area contributed by atoms with Gasteiger partial charge in [0.15, 0.2) is 0 Å². The standard InChI is InChI=1S/C14H22N4O/c1-18(2)7-3-6-16-13-8-10-4-5-14(19)17-12(10)9-11(13)15/h8-9,16H,3-7,15H2,1-2H3,(H,17,19). The van der Waals surface area contributed by atoms with Crippen LogP contribution >= 0.6 is 0 Å². The Morgan fingerprint density at radius 3 is 2.89 bits per heavy atom. The lowest BCUT2D eigenvalue weighted by Crippen LogP contribution is -2.20. The Labute approximate surface area is 114 Å². The SMILES string of the molecule is CN(C)CCCNc1cc2c(cc1N)NC(=O)CC2. The van der Waals surface area contributed by atoms with Crippen LogP contribution in [-0.4, -0.2) is 38.0 Å². The van der Waals surface area contributed by atoms with Crippen LogP contribution in [0.5, 0.6) is 0 Å². The van der Waals surface area contributed by atoms with Crippen molar-refractivity contribution in [3.8, 4) is 0 Å². The molecule has 0 spiro atoms. The normalized spacial score (nSPS) is 14.2. The number of nitrogens with one attached hydrogen (secondary N) is 2. The van der Waals surface area contributed by atoms with Crippen LogP contribution in [0.25, 0.3) is 0 Å². The van der Waals surface area contributed by atoms with Gasteiger partial charge in [0.05, 0.1) is 11.4 Å². The Hall–Kier alpha value is -1.75. The van der Waals surface area contributed by atoms with E-state index in [0.717, 1.165) is 42.9 Å². The van der Waals surface area contributed by atoms with Gasteiger partial charge in [0, 0.05) is 18.7 Å². The van der Waals surface area contributed by atoms with Crippen molar-refractivity contribution in [2.24, 2.45) is 0 Å². The number of aryl methyl sites for hydroxylation is 1. The highest BCUT2D eigenvalue weighted by molar-refractivity contribution is 5.95. The van der Waals surface area contributed by atoms with E-state index < -0.39 is 0 Å². The molecule has 104 valence electrons. The van der Waals surface area contributed by atoms with Gasteiger partial charge < -0.3 is 21.3 Å². The largest absolute Gasteiger partial charge is 0.397 e. The lowest BCUT2D eigenvalue weighted by atomic mass is 10.0. The molecule has 0 saturated carbocycles. The maximum atomic E-state index is 11.3. The molecule has 0 aromatic heterocycles. The summed E-state index contributed by atoms with van der Waals surface area (Å²) >= 11 is 0. The Balaban J connectivity index is 2.00.